The number of carbonyl (C=O) groups excluding carboxylic acids is 1. The first-order valence-corrected chi connectivity index (χ1v) is 9.12. The first kappa shape index (κ1) is 18.4. The van der Waals surface area contributed by atoms with Crippen LogP contribution in [0.5, 0.6) is 0 Å². The van der Waals surface area contributed by atoms with Crippen LogP contribution in [0.15, 0.2) is 24.3 Å². The van der Waals surface area contributed by atoms with Crippen molar-refractivity contribution in [3.05, 3.63) is 35.4 Å². The number of fused-ring (bicyclic) bond motifs is 1. The quantitative estimate of drug-likeness (QED) is 0.793. The summed E-state index contributed by atoms with van der Waals surface area (Å²) in [4.78, 5) is 14.8. The maximum atomic E-state index is 12.8. The highest BCUT2D eigenvalue weighted by atomic mass is 16.5. The van der Waals surface area contributed by atoms with Gasteiger partial charge >= 0.3 is 0 Å². The second-order valence-electron chi connectivity index (χ2n) is 7.29. The van der Waals surface area contributed by atoms with Crippen molar-refractivity contribution in [2.45, 2.75) is 38.4 Å². The highest BCUT2D eigenvalue weighted by Gasteiger charge is 2.46. The fraction of sp³-hybridized carbons (Fsp3) is 0.650. The molecule has 5 nitrogen and oxygen atoms in total. The summed E-state index contributed by atoms with van der Waals surface area (Å²) in [7, 11) is 3.43. The molecule has 0 spiro atoms. The van der Waals surface area contributed by atoms with E-state index < -0.39 is 0 Å². The van der Waals surface area contributed by atoms with E-state index in [0.29, 0.717) is 19.6 Å². The molecule has 138 valence electrons. The molecule has 2 heterocycles. The predicted octanol–water partition coefficient (Wildman–Crippen LogP) is 2.42. The number of hydrogen-bond donors (Lipinski definition) is 0. The van der Waals surface area contributed by atoms with Crippen LogP contribution >= 0.6 is 0 Å². The molecular weight excluding hydrogens is 318 g/mol. The lowest BCUT2D eigenvalue weighted by atomic mass is 9.73. The van der Waals surface area contributed by atoms with Crippen LogP contribution in [0.25, 0.3) is 0 Å². The number of ether oxygens (including phenoxy) is 3. The maximum absolute atomic E-state index is 12.8. The van der Waals surface area contributed by atoms with Gasteiger partial charge in [-0.05, 0) is 30.4 Å². The van der Waals surface area contributed by atoms with E-state index in [1.807, 2.05) is 29.2 Å². The van der Waals surface area contributed by atoms with Crippen LogP contribution in [0.4, 0.5) is 0 Å². The summed E-state index contributed by atoms with van der Waals surface area (Å²) >= 11 is 0. The molecule has 0 aliphatic carbocycles. The van der Waals surface area contributed by atoms with Crippen molar-refractivity contribution in [3.8, 4) is 0 Å². The topological polar surface area (TPSA) is 48.0 Å². The number of likely N-dealkylation sites (tertiary alicyclic amines) is 1. The van der Waals surface area contributed by atoms with Gasteiger partial charge in [0.2, 0.25) is 5.91 Å². The number of amides is 1. The SMILES string of the molecule is COCc1ccc(CC(=O)N2CCC3OCCCC3(COC)C2)cc1. The van der Waals surface area contributed by atoms with Crippen molar-refractivity contribution in [2.75, 3.05) is 40.5 Å². The standard InChI is InChI=1S/C20H29NO4/c1-23-13-17-6-4-16(5-7-17)12-19(22)21-10-8-18-20(14-21,15-24-2)9-3-11-25-18/h4-7,18H,3,8-15H2,1-2H3. The number of carbonyl (C=O) groups is 1. The molecule has 25 heavy (non-hydrogen) atoms. The molecule has 0 radical (unpaired) electrons. The zero-order valence-electron chi connectivity index (χ0n) is 15.3. The molecule has 2 aliphatic heterocycles. The molecule has 2 saturated heterocycles. The average molecular weight is 347 g/mol. The number of nitrogens with zero attached hydrogens (tertiary/aromatic N) is 1. The van der Waals surface area contributed by atoms with Crippen LogP contribution in [0.1, 0.15) is 30.4 Å². The Kier molecular flexibility index (Phi) is 6.10. The molecule has 0 aromatic heterocycles. The van der Waals surface area contributed by atoms with Crippen molar-refractivity contribution in [2.24, 2.45) is 5.41 Å². The summed E-state index contributed by atoms with van der Waals surface area (Å²) in [5, 5.41) is 0. The highest BCUT2D eigenvalue weighted by molar-refractivity contribution is 5.79. The maximum Gasteiger partial charge on any atom is 0.227 e. The van der Waals surface area contributed by atoms with Crippen LogP contribution in [0.3, 0.4) is 0 Å². The number of hydrogen-bond acceptors (Lipinski definition) is 4. The zero-order chi connectivity index (χ0) is 17.7. The summed E-state index contributed by atoms with van der Waals surface area (Å²) in [6, 6.07) is 8.10. The molecule has 2 fully saturated rings. The van der Waals surface area contributed by atoms with E-state index in [1.54, 1.807) is 14.2 Å². The predicted molar refractivity (Wildman–Crippen MR) is 95.3 cm³/mol. The average Bonchev–Trinajstić information content (AvgIpc) is 2.63. The third-order valence-electron chi connectivity index (χ3n) is 5.46. The minimum Gasteiger partial charge on any atom is -0.384 e. The van der Waals surface area contributed by atoms with E-state index in [4.69, 9.17) is 14.2 Å². The van der Waals surface area contributed by atoms with E-state index in [9.17, 15) is 4.79 Å². The minimum absolute atomic E-state index is 0.0385. The van der Waals surface area contributed by atoms with Crippen molar-refractivity contribution >= 4 is 5.91 Å². The Bertz CT molecular complexity index is 570. The van der Waals surface area contributed by atoms with Crippen molar-refractivity contribution in [3.63, 3.8) is 0 Å². The first-order chi connectivity index (χ1) is 12.2. The first-order valence-electron chi connectivity index (χ1n) is 9.12. The Morgan fingerprint density at radius 3 is 2.72 bits per heavy atom. The monoisotopic (exact) mass is 347 g/mol. The molecule has 0 saturated carbocycles. The number of piperidine rings is 1. The summed E-state index contributed by atoms with van der Waals surface area (Å²) in [6.07, 6.45) is 3.69. The van der Waals surface area contributed by atoms with Crippen LogP contribution in [0.2, 0.25) is 0 Å². The van der Waals surface area contributed by atoms with Gasteiger partial charge in [0.25, 0.3) is 0 Å². The van der Waals surface area contributed by atoms with Gasteiger partial charge in [-0.2, -0.15) is 0 Å². The molecule has 1 amide bonds. The lowest BCUT2D eigenvalue weighted by Crippen LogP contribution is -2.58. The Labute approximate surface area is 150 Å². The van der Waals surface area contributed by atoms with Crippen LogP contribution in [-0.2, 0) is 32.0 Å². The van der Waals surface area contributed by atoms with Gasteiger partial charge < -0.3 is 19.1 Å². The van der Waals surface area contributed by atoms with Gasteiger partial charge in [0.05, 0.1) is 25.7 Å². The molecule has 1 aromatic rings. The summed E-state index contributed by atoms with van der Waals surface area (Å²) in [5.74, 6) is 0.194. The minimum atomic E-state index is -0.0385. The van der Waals surface area contributed by atoms with Gasteiger partial charge in [0.1, 0.15) is 0 Å². The van der Waals surface area contributed by atoms with Gasteiger partial charge in [-0.3, -0.25) is 4.79 Å². The van der Waals surface area contributed by atoms with Crippen molar-refractivity contribution < 1.29 is 19.0 Å². The lowest BCUT2D eigenvalue weighted by molar-refractivity contribution is -0.161. The van der Waals surface area contributed by atoms with Gasteiger partial charge in [-0.15, -0.1) is 0 Å². The zero-order valence-corrected chi connectivity index (χ0v) is 15.3. The third-order valence-corrected chi connectivity index (χ3v) is 5.46. The highest BCUT2D eigenvalue weighted by Crippen LogP contribution is 2.40. The van der Waals surface area contributed by atoms with E-state index in [-0.39, 0.29) is 17.4 Å². The third kappa shape index (κ3) is 4.22. The van der Waals surface area contributed by atoms with E-state index >= 15 is 0 Å². The molecule has 0 bridgehead atoms. The molecule has 0 N–H and O–H groups in total. The van der Waals surface area contributed by atoms with Crippen molar-refractivity contribution in [1.29, 1.82) is 0 Å². The summed E-state index contributed by atoms with van der Waals surface area (Å²) in [5.41, 5.74) is 2.13. The second-order valence-corrected chi connectivity index (χ2v) is 7.29. The lowest BCUT2D eigenvalue weighted by Gasteiger charge is -2.50. The van der Waals surface area contributed by atoms with E-state index in [0.717, 1.165) is 50.1 Å². The van der Waals surface area contributed by atoms with Gasteiger partial charge in [0.15, 0.2) is 0 Å². The fourth-order valence-corrected chi connectivity index (χ4v) is 4.21. The van der Waals surface area contributed by atoms with E-state index in [2.05, 4.69) is 0 Å². The fourth-order valence-electron chi connectivity index (χ4n) is 4.21. The molecular formula is C20H29NO4. The van der Waals surface area contributed by atoms with Crippen LogP contribution in [-0.4, -0.2) is 57.4 Å². The Morgan fingerprint density at radius 2 is 2.00 bits per heavy atom. The Morgan fingerprint density at radius 1 is 1.24 bits per heavy atom. The normalized spacial score (nSPS) is 26.3. The van der Waals surface area contributed by atoms with Crippen molar-refractivity contribution in [1.82, 2.24) is 4.90 Å². The summed E-state index contributed by atoms with van der Waals surface area (Å²) < 4.78 is 16.6. The molecule has 2 unspecified atom stereocenters. The summed E-state index contributed by atoms with van der Waals surface area (Å²) in [6.45, 7) is 3.61. The number of benzene rings is 1. The number of methoxy groups -OCH3 is 2. The largest absolute Gasteiger partial charge is 0.384 e. The Balaban J connectivity index is 1.63. The van der Waals surface area contributed by atoms with Gasteiger partial charge in [-0.1, -0.05) is 24.3 Å². The van der Waals surface area contributed by atoms with Crippen LogP contribution < -0.4 is 0 Å². The van der Waals surface area contributed by atoms with Crippen LogP contribution in [0, 0.1) is 5.41 Å². The Hall–Kier alpha value is -1.43. The molecule has 5 heteroatoms. The second kappa shape index (κ2) is 8.30. The molecule has 3 rings (SSSR count). The van der Waals surface area contributed by atoms with E-state index in [1.165, 1.54) is 0 Å². The van der Waals surface area contributed by atoms with Gasteiger partial charge in [0, 0.05) is 39.3 Å². The smallest absolute Gasteiger partial charge is 0.227 e. The molecule has 2 atom stereocenters. The molecule has 1 aromatic carbocycles. The van der Waals surface area contributed by atoms with Gasteiger partial charge in [-0.25, -0.2) is 0 Å². The number of rotatable bonds is 6. The molecule has 2 aliphatic rings.